The predicted octanol–water partition coefficient (Wildman–Crippen LogP) is 1.96. The maximum absolute atomic E-state index is 12.9. The molecule has 22 heavy (non-hydrogen) atoms. The molecule has 0 radical (unpaired) electrons. The molecule has 9 heteroatoms. The normalized spacial score (nSPS) is 12.4. The van der Waals surface area contributed by atoms with Crippen molar-refractivity contribution in [1.82, 2.24) is 0 Å². The lowest BCUT2D eigenvalue weighted by molar-refractivity contribution is -0.137. The second-order valence-electron chi connectivity index (χ2n) is 4.92. The molecule has 0 saturated carbocycles. The van der Waals surface area contributed by atoms with E-state index < -0.39 is 11.7 Å². The Hall–Kier alpha value is -2.45. The molecule has 0 aromatic heterocycles. The Bertz CT molecular complexity index is 578. The Morgan fingerprint density at radius 3 is 2.32 bits per heavy atom. The van der Waals surface area contributed by atoms with Gasteiger partial charge >= 0.3 is 6.18 Å². The summed E-state index contributed by atoms with van der Waals surface area (Å²) in [6, 6.07) is 3.06. The largest absolute Gasteiger partial charge is 0.493 e. The van der Waals surface area contributed by atoms with Crippen molar-refractivity contribution in [3.63, 3.8) is 0 Å². The van der Waals surface area contributed by atoms with Gasteiger partial charge in [0, 0.05) is 6.07 Å². The van der Waals surface area contributed by atoms with Crippen LogP contribution in [-0.2, 0) is 6.18 Å². The maximum atomic E-state index is 12.9. The summed E-state index contributed by atoms with van der Waals surface area (Å²) in [5, 5.41) is 0. The van der Waals surface area contributed by atoms with Crippen LogP contribution in [0.1, 0.15) is 19.4 Å². The quantitative estimate of drug-likeness (QED) is 0.582. The third kappa shape index (κ3) is 5.90. The van der Waals surface area contributed by atoms with E-state index >= 15 is 0 Å². The van der Waals surface area contributed by atoms with E-state index in [2.05, 4.69) is 9.98 Å². The molecule has 0 heterocycles. The number of hydrogen-bond donors (Lipinski definition) is 3. The number of rotatable bonds is 4. The van der Waals surface area contributed by atoms with Crippen LogP contribution in [0.4, 0.5) is 18.9 Å². The van der Waals surface area contributed by atoms with Gasteiger partial charge in [-0.25, -0.2) is 4.99 Å². The summed E-state index contributed by atoms with van der Waals surface area (Å²) in [6.45, 7) is 4.03. The van der Waals surface area contributed by atoms with Gasteiger partial charge in [-0.2, -0.15) is 18.2 Å². The monoisotopic (exact) mass is 317 g/mol. The van der Waals surface area contributed by atoms with E-state index in [0.29, 0.717) is 0 Å². The minimum Gasteiger partial charge on any atom is -0.493 e. The van der Waals surface area contributed by atoms with E-state index in [1.165, 1.54) is 6.07 Å². The summed E-state index contributed by atoms with van der Waals surface area (Å²) in [6.07, 6.45) is -4.54. The van der Waals surface area contributed by atoms with Crippen LogP contribution in [0.15, 0.2) is 28.2 Å². The van der Waals surface area contributed by atoms with Gasteiger partial charge < -0.3 is 21.9 Å². The fraction of sp³-hybridized carbons (Fsp3) is 0.385. The second-order valence-corrected chi connectivity index (χ2v) is 4.92. The molecular weight excluding hydrogens is 299 g/mol. The summed E-state index contributed by atoms with van der Waals surface area (Å²) in [4.78, 5) is 7.17. The molecule has 0 aliphatic carbocycles. The van der Waals surface area contributed by atoms with Gasteiger partial charge in [0.05, 0.1) is 17.9 Å². The van der Waals surface area contributed by atoms with Crippen molar-refractivity contribution in [2.24, 2.45) is 33.1 Å². The van der Waals surface area contributed by atoms with Crippen molar-refractivity contribution in [1.29, 1.82) is 0 Å². The molecular formula is C13H18F3N5O. The average molecular weight is 317 g/mol. The van der Waals surface area contributed by atoms with Gasteiger partial charge in [0.15, 0.2) is 5.96 Å². The van der Waals surface area contributed by atoms with Crippen LogP contribution >= 0.6 is 0 Å². The smallest absolute Gasteiger partial charge is 0.416 e. The summed E-state index contributed by atoms with van der Waals surface area (Å²) in [7, 11) is 0. The van der Waals surface area contributed by atoms with Crippen LogP contribution < -0.4 is 21.9 Å². The molecule has 0 bridgehead atoms. The van der Waals surface area contributed by atoms with Crippen molar-refractivity contribution in [3.8, 4) is 5.75 Å². The minimum absolute atomic E-state index is 0.0415. The van der Waals surface area contributed by atoms with Crippen LogP contribution in [0.2, 0.25) is 0 Å². The SMILES string of the molecule is CC(C)COc1cc(N=C(N)N=C(N)N)cc(C(F)(F)F)c1. The standard InChI is InChI=1S/C13H18F3N5O/c1-7(2)6-22-10-4-8(13(14,15)16)3-9(5-10)20-12(19)21-11(17)18/h3-5,7H,6H2,1-2H3,(H6,17,18,19,20,21). The van der Waals surface area contributed by atoms with E-state index in [1.807, 2.05) is 13.8 Å². The second kappa shape index (κ2) is 7.01. The Balaban J connectivity index is 3.21. The highest BCUT2D eigenvalue weighted by Crippen LogP contribution is 2.35. The highest BCUT2D eigenvalue weighted by atomic mass is 19.4. The number of ether oxygens (including phenoxy) is 1. The first-order valence-corrected chi connectivity index (χ1v) is 6.37. The van der Waals surface area contributed by atoms with Crippen molar-refractivity contribution >= 4 is 17.6 Å². The molecule has 122 valence electrons. The number of halogens is 3. The van der Waals surface area contributed by atoms with Gasteiger partial charge in [0.1, 0.15) is 5.75 Å². The maximum Gasteiger partial charge on any atom is 0.416 e. The van der Waals surface area contributed by atoms with Gasteiger partial charge in [-0.3, -0.25) is 0 Å². The Labute approximate surface area is 125 Å². The molecule has 0 spiro atoms. The van der Waals surface area contributed by atoms with Gasteiger partial charge in [-0.15, -0.1) is 0 Å². The molecule has 6 nitrogen and oxygen atoms in total. The summed E-state index contributed by atoms with van der Waals surface area (Å²) < 4.78 is 44.0. The number of guanidine groups is 2. The highest BCUT2D eigenvalue weighted by molar-refractivity contribution is 5.93. The van der Waals surface area contributed by atoms with Gasteiger partial charge in [0.2, 0.25) is 5.96 Å². The third-order valence-corrected chi connectivity index (χ3v) is 2.29. The summed E-state index contributed by atoms with van der Waals surface area (Å²) >= 11 is 0. The zero-order valence-corrected chi connectivity index (χ0v) is 12.2. The van der Waals surface area contributed by atoms with Crippen LogP contribution in [-0.4, -0.2) is 18.5 Å². The van der Waals surface area contributed by atoms with Gasteiger partial charge in [-0.1, -0.05) is 13.8 Å². The van der Waals surface area contributed by atoms with E-state index in [4.69, 9.17) is 21.9 Å². The lowest BCUT2D eigenvalue weighted by Crippen LogP contribution is -2.26. The van der Waals surface area contributed by atoms with Crippen LogP contribution in [0, 0.1) is 5.92 Å². The lowest BCUT2D eigenvalue weighted by atomic mass is 10.2. The first kappa shape index (κ1) is 17.6. The van der Waals surface area contributed by atoms with E-state index in [-0.39, 0.29) is 35.9 Å². The zero-order valence-electron chi connectivity index (χ0n) is 12.2. The number of hydrogen-bond acceptors (Lipinski definition) is 2. The molecule has 1 aromatic carbocycles. The third-order valence-electron chi connectivity index (χ3n) is 2.29. The highest BCUT2D eigenvalue weighted by Gasteiger charge is 2.31. The minimum atomic E-state index is -4.54. The number of aliphatic imine (C=N–C) groups is 2. The zero-order chi connectivity index (χ0) is 16.9. The molecule has 0 fully saturated rings. The Morgan fingerprint density at radius 1 is 1.18 bits per heavy atom. The molecule has 1 aromatic rings. The molecule has 0 atom stereocenters. The Morgan fingerprint density at radius 2 is 1.82 bits per heavy atom. The molecule has 6 N–H and O–H groups in total. The topological polar surface area (TPSA) is 112 Å². The number of nitrogens with two attached hydrogens (primary N) is 3. The molecule has 0 saturated heterocycles. The fourth-order valence-electron chi connectivity index (χ4n) is 1.45. The van der Waals surface area contributed by atoms with Crippen LogP contribution in [0.25, 0.3) is 0 Å². The summed E-state index contributed by atoms with van der Waals surface area (Å²) in [5.41, 5.74) is 14.7. The lowest BCUT2D eigenvalue weighted by Gasteiger charge is -2.13. The van der Waals surface area contributed by atoms with Crippen molar-refractivity contribution in [2.45, 2.75) is 20.0 Å². The molecule has 0 aliphatic heterocycles. The molecule has 0 aliphatic rings. The number of alkyl halides is 3. The first-order valence-electron chi connectivity index (χ1n) is 6.37. The van der Waals surface area contributed by atoms with E-state index in [1.54, 1.807) is 0 Å². The number of benzene rings is 1. The molecule has 0 unspecified atom stereocenters. The molecule has 1 rings (SSSR count). The fourth-order valence-corrected chi connectivity index (χ4v) is 1.45. The summed E-state index contributed by atoms with van der Waals surface area (Å²) in [5.74, 6) is -0.494. The number of nitrogens with zero attached hydrogens (tertiary/aromatic N) is 2. The van der Waals surface area contributed by atoms with Crippen molar-refractivity contribution < 1.29 is 17.9 Å². The predicted molar refractivity (Wildman–Crippen MR) is 78.9 cm³/mol. The van der Waals surface area contributed by atoms with E-state index in [9.17, 15) is 13.2 Å². The average Bonchev–Trinajstić information content (AvgIpc) is 2.33. The first-order chi connectivity index (χ1) is 10.1. The van der Waals surface area contributed by atoms with Crippen molar-refractivity contribution in [2.75, 3.05) is 6.61 Å². The van der Waals surface area contributed by atoms with Gasteiger partial charge in [-0.05, 0) is 18.1 Å². The van der Waals surface area contributed by atoms with Crippen LogP contribution in [0.5, 0.6) is 5.75 Å². The van der Waals surface area contributed by atoms with Crippen molar-refractivity contribution in [3.05, 3.63) is 23.8 Å². The van der Waals surface area contributed by atoms with Crippen LogP contribution in [0.3, 0.4) is 0 Å². The van der Waals surface area contributed by atoms with Gasteiger partial charge in [0.25, 0.3) is 0 Å². The Kier molecular flexibility index (Phi) is 5.61. The molecule has 0 amide bonds. The van der Waals surface area contributed by atoms with E-state index in [0.717, 1.165) is 12.1 Å².